The third-order valence-electron chi connectivity index (χ3n) is 2.52. The maximum Gasteiger partial charge on any atom is 0.321 e. The number of imide groups is 1. The van der Waals surface area contributed by atoms with Gasteiger partial charge in [0, 0.05) is 10.4 Å². The molecule has 0 aliphatic carbocycles. The molecule has 0 fully saturated rings. The van der Waals surface area contributed by atoms with Crippen molar-refractivity contribution in [3.8, 4) is 5.75 Å². The van der Waals surface area contributed by atoms with Crippen LogP contribution in [-0.2, 0) is 14.3 Å². The average molecular weight is 354 g/mol. The van der Waals surface area contributed by atoms with E-state index in [1.807, 2.05) is 12.1 Å². The van der Waals surface area contributed by atoms with Gasteiger partial charge in [-0.1, -0.05) is 0 Å². The number of hydrogen-bond donors (Lipinski definition) is 2. The van der Waals surface area contributed by atoms with Gasteiger partial charge in [0.15, 0.2) is 6.61 Å². The van der Waals surface area contributed by atoms with Crippen LogP contribution in [0.5, 0.6) is 5.75 Å². The van der Waals surface area contributed by atoms with E-state index in [1.165, 1.54) is 11.8 Å². The molecule has 2 N–H and O–H groups in total. The summed E-state index contributed by atoms with van der Waals surface area (Å²) in [6.07, 6.45) is 0. The van der Waals surface area contributed by atoms with Gasteiger partial charge in [0.2, 0.25) is 0 Å². The number of carbonyl (C=O) groups excluding carboxylic acids is 3. The molecule has 3 amide bonds. The van der Waals surface area contributed by atoms with E-state index in [0.29, 0.717) is 0 Å². The van der Waals surface area contributed by atoms with E-state index in [-0.39, 0.29) is 5.75 Å². The number of carbonyl (C=O) groups is 3. The van der Waals surface area contributed by atoms with Crippen molar-refractivity contribution in [1.29, 1.82) is 0 Å². The Morgan fingerprint density at radius 1 is 1.12 bits per heavy atom. The first-order chi connectivity index (χ1) is 11.2. The number of hydrogen-bond acceptors (Lipinski definition) is 6. The standard InChI is InChI=1S/C16H22N2O5S/c1-16(2,3)18-15(21)17-13(19)9-23-14(20)10-24-12-7-5-11(22-4)6-8-12/h5-8H,9-10H2,1-4H3,(H2,17,18,19,21). The molecule has 0 spiro atoms. The summed E-state index contributed by atoms with van der Waals surface area (Å²) < 4.78 is 9.87. The molecule has 24 heavy (non-hydrogen) atoms. The maximum atomic E-state index is 11.6. The lowest BCUT2D eigenvalue weighted by molar-refractivity contribution is -0.145. The molecule has 0 radical (unpaired) electrons. The van der Waals surface area contributed by atoms with Crippen LogP contribution in [0.2, 0.25) is 0 Å². The number of benzene rings is 1. The zero-order valence-electron chi connectivity index (χ0n) is 14.2. The number of methoxy groups -OCH3 is 1. The van der Waals surface area contributed by atoms with Crippen molar-refractivity contribution in [3.63, 3.8) is 0 Å². The Kier molecular flexibility index (Phi) is 7.57. The van der Waals surface area contributed by atoms with Crippen LogP contribution in [0.3, 0.4) is 0 Å². The minimum Gasteiger partial charge on any atom is -0.497 e. The highest BCUT2D eigenvalue weighted by molar-refractivity contribution is 8.00. The molecular weight excluding hydrogens is 332 g/mol. The second kappa shape index (κ2) is 9.17. The summed E-state index contributed by atoms with van der Waals surface area (Å²) >= 11 is 1.28. The van der Waals surface area contributed by atoms with Crippen LogP contribution >= 0.6 is 11.8 Å². The highest BCUT2D eigenvalue weighted by Gasteiger charge is 2.16. The molecule has 8 heteroatoms. The number of ether oxygens (including phenoxy) is 2. The van der Waals surface area contributed by atoms with Crippen molar-refractivity contribution in [1.82, 2.24) is 10.6 Å². The first-order valence-corrected chi connectivity index (χ1v) is 8.22. The van der Waals surface area contributed by atoms with Crippen LogP contribution < -0.4 is 15.4 Å². The van der Waals surface area contributed by atoms with E-state index in [2.05, 4.69) is 10.6 Å². The lowest BCUT2D eigenvalue weighted by Gasteiger charge is -2.20. The minimum absolute atomic E-state index is 0.0633. The number of esters is 1. The number of rotatable bonds is 6. The van der Waals surface area contributed by atoms with Gasteiger partial charge in [-0.15, -0.1) is 11.8 Å². The van der Waals surface area contributed by atoms with Crippen molar-refractivity contribution in [3.05, 3.63) is 24.3 Å². The second-order valence-electron chi connectivity index (χ2n) is 5.88. The van der Waals surface area contributed by atoms with E-state index in [1.54, 1.807) is 40.0 Å². The number of urea groups is 1. The lowest BCUT2D eigenvalue weighted by atomic mass is 10.1. The lowest BCUT2D eigenvalue weighted by Crippen LogP contribution is -2.49. The fraction of sp³-hybridized carbons (Fsp3) is 0.438. The van der Waals surface area contributed by atoms with Gasteiger partial charge in [-0.05, 0) is 45.0 Å². The van der Waals surface area contributed by atoms with Gasteiger partial charge in [-0.2, -0.15) is 0 Å². The quantitative estimate of drug-likeness (QED) is 0.599. The molecular formula is C16H22N2O5S. The molecule has 132 valence electrons. The molecule has 0 heterocycles. The third-order valence-corrected chi connectivity index (χ3v) is 3.51. The summed E-state index contributed by atoms with van der Waals surface area (Å²) in [7, 11) is 1.58. The van der Waals surface area contributed by atoms with Crippen molar-refractivity contribution in [2.24, 2.45) is 0 Å². The fourth-order valence-electron chi connectivity index (χ4n) is 1.54. The van der Waals surface area contributed by atoms with E-state index in [0.717, 1.165) is 10.6 Å². The summed E-state index contributed by atoms with van der Waals surface area (Å²) in [5, 5.41) is 4.66. The topological polar surface area (TPSA) is 93.7 Å². The SMILES string of the molecule is COc1ccc(SCC(=O)OCC(=O)NC(=O)NC(C)(C)C)cc1. The molecule has 1 aromatic rings. The second-order valence-corrected chi connectivity index (χ2v) is 6.93. The molecule has 1 aromatic carbocycles. The smallest absolute Gasteiger partial charge is 0.321 e. The van der Waals surface area contributed by atoms with Crippen LogP contribution in [0, 0.1) is 0 Å². The average Bonchev–Trinajstić information content (AvgIpc) is 2.49. The van der Waals surface area contributed by atoms with Gasteiger partial charge in [0.25, 0.3) is 5.91 Å². The third kappa shape index (κ3) is 8.42. The zero-order chi connectivity index (χ0) is 18.2. The summed E-state index contributed by atoms with van der Waals surface area (Å²) in [5.41, 5.74) is -0.462. The van der Waals surface area contributed by atoms with Gasteiger partial charge in [0.1, 0.15) is 5.75 Å². The molecule has 0 atom stereocenters. The minimum atomic E-state index is -0.681. The van der Waals surface area contributed by atoms with Gasteiger partial charge in [-0.3, -0.25) is 14.9 Å². The molecule has 0 saturated carbocycles. The largest absolute Gasteiger partial charge is 0.497 e. The summed E-state index contributed by atoms with van der Waals surface area (Å²) in [6, 6.07) is 6.58. The van der Waals surface area contributed by atoms with E-state index in [9.17, 15) is 14.4 Å². The number of nitrogens with one attached hydrogen (secondary N) is 2. The van der Waals surface area contributed by atoms with Crippen LogP contribution in [0.1, 0.15) is 20.8 Å². The highest BCUT2D eigenvalue weighted by atomic mass is 32.2. The van der Waals surface area contributed by atoms with E-state index >= 15 is 0 Å². The Morgan fingerprint density at radius 3 is 2.29 bits per heavy atom. The monoisotopic (exact) mass is 354 g/mol. The molecule has 1 rings (SSSR count). The van der Waals surface area contributed by atoms with Crippen LogP contribution in [0.15, 0.2) is 29.2 Å². The molecule has 7 nitrogen and oxygen atoms in total. The summed E-state index contributed by atoms with van der Waals surface area (Å²) in [6.45, 7) is 4.86. The van der Waals surface area contributed by atoms with Crippen molar-refractivity contribution >= 4 is 29.7 Å². The highest BCUT2D eigenvalue weighted by Crippen LogP contribution is 2.21. The Bertz CT molecular complexity index is 581. The summed E-state index contributed by atoms with van der Waals surface area (Å²) in [5.74, 6) is -0.428. The molecule has 0 unspecified atom stereocenters. The molecule has 0 aliphatic rings. The van der Waals surface area contributed by atoms with Crippen molar-refractivity contribution in [2.45, 2.75) is 31.2 Å². The molecule has 0 aromatic heterocycles. The molecule has 0 bridgehead atoms. The maximum absolute atomic E-state index is 11.6. The van der Waals surface area contributed by atoms with Gasteiger partial charge < -0.3 is 14.8 Å². The predicted octanol–water partition coefficient (Wildman–Crippen LogP) is 1.95. The van der Waals surface area contributed by atoms with Crippen LogP contribution in [0.25, 0.3) is 0 Å². The van der Waals surface area contributed by atoms with Gasteiger partial charge >= 0.3 is 12.0 Å². The number of thioether (sulfide) groups is 1. The van der Waals surface area contributed by atoms with Crippen molar-refractivity contribution in [2.75, 3.05) is 19.5 Å². The fourth-order valence-corrected chi connectivity index (χ4v) is 2.23. The Labute approximate surface area is 145 Å². The summed E-state index contributed by atoms with van der Waals surface area (Å²) in [4.78, 5) is 35.5. The molecule has 0 aliphatic heterocycles. The van der Waals surface area contributed by atoms with Crippen LogP contribution in [-0.4, -0.2) is 42.9 Å². The first-order valence-electron chi connectivity index (χ1n) is 7.24. The van der Waals surface area contributed by atoms with E-state index < -0.39 is 30.1 Å². The van der Waals surface area contributed by atoms with Crippen molar-refractivity contribution < 1.29 is 23.9 Å². The predicted molar refractivity (Wildman–Crippen MR) is 91.1 cm³/mol. The molecule has 0 saturated heterocycles. The number of amides is 3. The van der Waals surface area contributed by atoms with Gasteiger partial charge in [0.05, 0.1) is 12.9 Å². The van der Waals surface area contributed by atoms with E-state index in [4.69, 9.17) is 9.47 Å². The first kappa shape index (κ1) is 19.8. The Morgan fingerprint density at radius 2 is 1.75 bits per heavy atom. The normalized spacial score (nSPS) is 10.7. The Hall–Kier alpha value is -2.22. The zero-order valence-corrected chi connectivity index (χ0v) is 15.0. The van der Waals surface area contributed by atoms with Gasteiger partial charge in [-0.25, -0.2) is 4.79 Å². The Balaban J connectivity index is 2.27. The van der Waals surface area contributed by atoms with Crippen LogP contribution in [0.4, 0.5) is 4.79 Å².